The van der Waals surface area contributed by atoms with E-state index in [0.717, 1.165) is 6.07 Å². The van der Waals surface area contributed by atoms with Crippen LogP contribution in [0.1, 0.15) is 18.1 Å². The summed E-state index contributed by atoms with van der Waals surface area (Å²) < 4.78 is 42.6. The summed E-state index contributed by atoms with van der Waals surface area (Å²) in [6.45, 7) is 1.77. The lowest BCUT2D eigenvalue weighted by Crippen LogP contribution is -2.25. The number of carbonyl (C=O) groups is 1. The van der Waals surface area contributed by atoms with Crippen LogP contribution in [0.5, 0.6) is 0 Å². The molecule has 1 N–H and O–H groups in total. The minimum atomic E-state index is -4.39. The molecule has 0 radical (unpaired) electrons. The fourth-order valence-electron chi connectivity index (χ4n) is 1.46. The molecule has 0 spiro atoms. The molecule has 0 aromatic heterocycles. The molecule has 0 unspecified atom stereocenters. The quantitative estimate of drug-likeness (QED) is 0.827. The Morgan fingerprint density at radius 1 is 1.33 bits per heavy atom. The molecule has 0 aliphatic carbocycles. The van der Waals surface area contributed by atoms with Crippen molar-refractivity contribution < 1.29 is 22.7 Å². The van der Waals surface area contributed by atoms with Crippen molar-refractivity contribution in [2.45, 2.75) is 19.6 Å². The average Bonchev–Trinajstić information content (AvgIpc) is 2.28. The molecule has 1 aromatic rings. The van der Waals surface area contributed by atoms with Crippen molar-refractivity contribution in [2.75, 3.05) is 13.2 Å². The van der Waals surface area contributed by atoms with Crippen LogP contribution in [-0.2, 0) is 22.3 Å². The van der Waals surface area contributed by atoms with Gasteiger partial charge in [0.1, 0.15) is 0 Å². The predicted molar refractivity (Wildman–Crippen MR) is 59.8 cm³/mol. The van der Waals surface area contributed by atoms with Crippen LogP contribution in [0.15, 0.2) is 24.3 Å². The highest BCUT2D eigenvalue weighted by atomic mass is 19.4. The van der Waals surface area contributed by atoms with E-state index in [9.17, 15) is 18.0 Å². The Labute approximate surface area is 103 Å². The van der Waals surface area contributed by atoms with Crippen molar-refractivity contribution in [3.63, 3.8) is 0 Å². The Morgan fingerprint density at radius 3 is 2.61 bits per heavy atom. The van der Waals surface area contributed by atoms with Gasteiger partial charge in [0.05, 0.1) is 18.7 Å². The monoisotopic (exact) mass is 261 g/mol. The summed E-state index contributed by atoms with van der Waals surface area (Å²) in [5.41, 5.74) is -0.587. The van der Waals surface area contributed by atoms with Crippen molar-refractivity contribution in [1.29, 1.82) is 0 Å². The van der Waals surface area contributed by atoms with Gasteiger partial charge in [-0.05, 0) is 18.6 Å². The number of alkyl halides is 3. The molecular formula is C12H14F3NO2. The highest BCUT2D eigenvalue weighted by molar-refractivity contribution is 5.71. The topological polar surface area (TPSA) is 38.3 Å². The van der Waals surface area contributed by atoms with Gasteiger partial charge in [-0.2, -0.15) is 13.2 Å². The zero-order valence-corrected chi connectivity index (χ0v) is 9.88. The normalized spacial score (nSPS) is 11.3. The molecule has 0 fully saturated rings. The number of halogens is 3. The minimum Gasteiger partial charge on any atom is -0.465 e. The summed E-state index contributed by atoms with van der Waals surface area (Å²) in [5.74, 6) is -0.484. The second-order valence-electron chi connectivity index (χ2n) is 3.56. The zero-order valence-electron chi connectivity index (χ0n) is 9.88. The van der Waals surface area contributed by atoms with Crippen molar-refractivity contribution in [2.24, 2.45) is 0 Å². The smallest absolute Gasteiger partial charge is 0.416 e. The van der Waals surface area contributed by atoms with Crippen LogP contribution in [0.25, 0.3) is 0 Å². The molecule has 0 aliphatic heterocycles. The molecule has 0 saturated heterocycles. The first-order valence-corrected chi connectivity index (χ1v) is 5.46. The summed E-state index contributed by atoms with van der Waals surface area (Å²) in [4.78, 5) is 11.0. The van der Waals surface area contributed by atoms with Crippen molar-refractivity contribution in [3.05, 3.63) is 35.4 Å². The molecule has 0 atom stereocenters. The Hall–Kier alpha value is -1.56. The lowest BCUT2D eigenvalue weighted by atomic mass is 10.1. The first kappa shape index (κ1) is 14.5. The van der Waals surface area contributed by atoms with Gasteiger partial charge in [0.2, 0.25) is 0 Å². The van der Waals surface area contributed by atoms with E-state index in [1.165, 1.54) is 18.2 Å². The van der Waals surface area contributed by atoms with Crippen molar-refractivity contribution >= 4 is 5.97 Å². The SMILES string of the molecule is CCOC(=O)CNCc1ccccc1C(F)(F)F. The van der Waals surface area contributed by atoms with Crippen LogP contribution in [0.2, 0.25) is 0 Å². The van der Waals surface area contributed by atoms with Gasteiger partial charge >= 0.3 is 12.1 Å². The molecule has 0 aliphatic rings. The van der Waals surface area contributed by atoms with Crippen LogP contribution in [-0.4, -0.2) is 19.1 Å². The summed E-state index contributed by atoms with van der Waals surface area (Å²) in [5, 5.41) is 2.62. The molecule has 1 aromatic carbocycles. The van der Waals surface area contributed by atoms with Gasteiger partial charge in [-0.1, -0.05) is 18.2 Å². The van der Waals surface area contributed by atoms with Gasteiger partial charge < -0.3 is 10.1 Å². The van der Waals surface area contributed by atoms with E-state index >= 15 is 0 Å². The molecule has 0 amide bonds. The standard InChI is InChI=1S/C12H14F3NO2/c1-2-18-11(17)8-16-7-9-5-3-4-6-10(9)12(13,14)15/h3-6,16H,2,7-8H2,1H3. The fraction of sp³-hybridized carbons (Fsp3) is 0.417. The van der Waals surface area contributed by atoms with Crippen LogP contribution in [0, 0.1) is 0 Å². The number of hydrogen-bond acceptors (Lipinski definition) is 3. The third kappa shape index (κ3) is 4.37. The lowest BCUT2D eigenvalue weighted by molar-refractivity contribution is -0.142. The van der Waals surface area contributed by atoms with Gasteiger partial charge in [0.15, 0.2) is 0 Å². The summed E-state index contributed by atoms with van der Waals surface area (Å²) >= 11 is 0. The van der Waals surface area contributed by atoms with E-state index < -0.39 is 17.7 Å². The highest BCUT2D eigenvalue weighted by Crippen LogP contribution is 2.31. The van der Waals surface area contributed by atoms with Gasteiger partial charge in [-0.25, -0.2) is 0 Å². The van der Waals surface area contributed by atoms with E-state index in [-0.39, 0.29) is 25.3 Å². The highest BCUT2D eigenvalue weighted by Gasteiger charge is 2.32. The molecule has 0 bridgehead atoms. The summed E-state index contributed by atoms with van der Waals surface area (Å²) in [7, 11) is 0. The van der Waals surface area contributed by atoms with Gasteiger partial charge in [-0.15, -0.1) is 0 Å². The Kier molecular flexibility index (Phi) is 5.15. The Balaban J connectivity index is 2.60. The first-order chi connectivity index (χ1) is 8.45. The fourth-order valence-corrected chi connectivity index (χ4v) is 1.46. The predicted octanol–water partition coefficient (Wildman–Crippen LogP) is 2.36. The zero-order chi connectivity index (χ0) is 13.6. The van der Waals surface area contributed by atoms with Gasteiger partial charge in [-0.3, -0.25) is 4.79 Å². The van der Waals surface area contributed by atoms with Crippen molar-refractivity contribution in [3.8, 4) is 0 Å². The number of esters is 1. The second kappa shape index (κ2) is 6.39. The third-order valence-electron chi connectivity index (χ3n) is 2.21. The number of rotatable bonds is 5. The van der Waals surface area contributed by atoms with E-state index in [1.807, 2.05) is 0 Å². The number of ether oxygens (including phenoxy) is 1. The van der Waals surface area contributed by atoms with Crippen molar-refractivity contribution in [1.82, 2.24) is 5.32 Å². The van der Waals surface area contributed by atoms with Gasteiger partial charge in [0.25, 0.3) is 0 Å². The molecule has 1 rings (SSSR count). The Bertz CT molecular complexity index is 405. The second-order valence-corrected chi connectivity index (χ2v) is 3.56. The van der Waals surface area contributed by atoms with Gasteiger partial charge in [0, 0.05) is 6.54 Å². The number of hydrogen-bond donors (Lipinski definition) is 1. The number of benzene rings is 1. The van der Waals surface area contributed by atoms with E-state index in [1.54, 1.807) is 6.92 Å². The number of carbonyl (C=O) groups excluding carboxylic acids is 1. The van der Waals surface area contributed by atoms with E-state index in [4.69, 9.17) is 0 Å². The maximum atomic E-state index is 12.6. The number of nitrogens with one attached hydrogen (secondary N) is 1. The molecule has 0 saturated carbocycles. The van der Waals surface area contributed by atoms with E-state index in [0.29, 0.717) is 0 Å². The summed E-state index contributed by atoms with van der Waals surface area (Å²) in [6.07, 6.45) is -4.39. The van der Waals surface area contributed by atoms with Crippen LogP contribution < -0.4 is 5.32 Å². The third-order valence-corrected chi connectivity index (χ3v) is 2.21. The lowest BCUT2D eigenvalue weighted by Gasteiger charge is -2.12. The van der Waals surface area contributed by atoms with Crippen LogP contribution >= 0.6 is 0 Å². The Morgan fingerprint density at radius 2 is 2.00 bits per heavy atom. The van der Waals surface area contributed by atoms with Crippen LogP contribution in [0.3, 0.4) is 0 Å². The average molecular weight is 261 g/mol. The maximum Gasteiger partial charge on any atom is 0.416 e. The largest absolute Gasteiger partial charge is 0.465 e. The first-order valence-electron chi connectivity index (χ1n) is 5.46. The molecule has 6 heteroatoms. The van der Waals surface area contributed by atoms with Crippen LogP contribution in [0.4, 0.5) is 13.2 Å². The van der Waals surface area contributed by atoms with E-state index in [2.05, 4.69) is 10.1 Å². The minimum absolute atomic E-state index is 0.0332. The molecule has 3 nitrogen and oxygen atoms in total. The maximum absolute atomic E-state index is 12.6. The molecular weight excluding hydrogens is 247 g/mol. The molecule has 100 valence electrons. The summed E-state index contributed by atoms with van der Waals surface area (Å²) in [6, 6.07) is 5.25. The molecule has 18 heavy (non-hydrogen) atoms. The molecule has 0 heterocycles.